The van der Waals surface area contributed by atoms with Crippen molar-refractivity contribution in [3.63, 3.8) is 0 Å². The van der Waals surface area contributed by atoms with E-state index in [1.807, 2.05) is 6.92 Å². The average Bonchev–Trinajstić information content (AvgIpc) is 2.42. The van der Waals surface area contributed by atoms with Crippen LogP contribution in [-0.4, -0.2) is 21.7 Å². The Hall–Kier alpha value is -1.36. The van der Waals surface area contributed by atoms with Gasteiger partial charge in [0, 0.05) is 11.8 Å². The van der Waals surface area contributed by atoms with Crippen LogP contribution in [0, 0.1) is 6.92 Å². The molecule has 0 radical (unpaired) electrons. The van der Waals surface area contributed by atoms with Crippen LogP contribution in [0.2, 0.25) is 0 Å². The summed E-state index contributed by atoms with van der Waals surface area (Å²) < 4.78 is 1.25. The summed E-state index contributed by atoms with van der Waals surface area (Å²) in [6, 6.07) is 1.14. The SMILES string of the molecule is CCC(N)C(=O)n1nc(N)cc1C. The molecule has 1 rings (SSSR count). The van der Waals surface area contributed by atoms with Gasteiger partial charge in [0.05, 0.1) is 6.04 Å². The summed E-state index contributed by atoms with van der Waals surface area (Å²) in [5, 5.41) is 3.84. The van der Waals surface area contributed by atoms with Gasteiger partial charge in [-0.3, -0.25) is 4.79 Å². The van der Waals surface area contributed by atoms with E-state index in [0.29, 0.717) is 17.9 Å². The molecule has 0 aliphatic carbocycles. The van der Waals surface area contributed by atoms with Crippen LogP contribution in [0.5, 0.6) is 0 Å². The third kappa shape index (κ3) is 1.86. The lowest BCUT2D eigenvalue weighted by Gasteiger charge is -2.07. The number of aryl methyl sites for hydroxylation is 1. The van der Waals surface area contributed by atoms with Gasteiger partial charge in [-0.25, -0.2) is 4.68 Å². The number of anilines is 1. The van der Waals surface area contributed by atoms with E-state index in [-0.39, 0.29) is 5.91 Å². The number of nitrogen functional groups attached to an aromatic ring is 1. The Morgan fingerprint density at radius 2 is 2.38 bits per heavy atom. The number of hydrogen-bond donors (Lipinski definition) is 2. The average molecular weight is 182 g/mol. The minimum atomic E-state index is -0.502. The van der Waals surface area contributed by atoms with E-state index >= 15 is 0 Å². The van der Waals surface area contributed by atoms with Crippen LogP contribution in [0.25, 0.3) is 0 Å². The fraction of sp³-hybridized carbons (Fsp3) is 0.500. The number of nitrogens with two attached hydrogens (primary N) is 2. The van der Waals surface area contributed by atoms with Crippen molar-refractivity contribution in [3.8, 4) is 0 Å². The highest BCUT2D eigenvalue weighted by Gasteiger charge is 2.16. The maximum absolute atomic E-state index is 11.5. The predicted octanol–water partition coefficient (Wildman–Crippen LogP) is 0.151. The van der Waals surface area contributed by atoms with Gasteiger partial charge in [0.2, 0.25) is 0 Å². The Balaban J connectivity index is 2.94. The molecule has 0 aromatic carbocycles. The highest BCUT2D eigenvalue weighted by Crippen LogP contribution is 2.05. The number of carbonyl (C=O) groups excluding carboxylic acids is 1. The lowest BCUT2D eigenvalue weighted by molar-refractivity contribution is 0.0859. The van der Waals surface area contributed by atoms with Crippen LogP contribution < -0.4 is 11.5 Å². The topological polar surface area (TPSA) is 86.9 Å². The van der Waals surface area contributed by atoms with Gasteiger partial charge in [-0.05, 0) is 13.3 Å². The number of aromatic nitrogens is 2. The first-order chi connectivity index (χ1) is 6.06. The fourth-order valence-corrected chi connectivity index (χ4v) is 1.05. The van der Waals surface area contributed by atoms with Gasteiger partial charge in [-0.2, -0.15) is 0 Å². The van der Waals surface area contributed by atoms with Crippen molar-refractivity contribution in [2.45, 2.75) is 26.3 Å². The number of hydrogen-bond acceptors (Lipinski definition) is 4. The molecular weight excluding hydrogens is 168 g/mol. The molecule has 1 unspecified atom stereocenters. The molecule has 1 atom stereocenters. The summed E-state index contributed by atoms with van der Waals surface area (Å²) in [6.45, 7) is 3.62. The van der Waals surface area contributed by atoms with Gasteiger partial charge in [-0.15, -0.1) is 5.10 Å². The molecule has 1 aromatic rings. The van der Waals surface area contributed by atoms with E-state index in [2.05, 4.69) is 5.10 Å². The molecule has 0 aliphatic heterocycles. The molecule has 0 fully saturated rings. The summed E-state index contributed by atoms with van der Waals surface area (Å²) in [6.07, 6.45) is 0.595. The van der Waals surface area contributed by atoms with E-state index in [0.717, 1.165) is 0 Å². The molecule has 72 valence electrons. The molecule has 0 bridgehead atoms. The van der Waals surface area contributed by atoms with Crippen molar-refractivity contribution in [1.29, 1.82) is 0 Å². The van der Waals surface area contributed by atoms with Crippen molar-refractivity contribution in [1.82, 2.24) is 9.78 Å². The zero-order valence-electron chi connectivity index (χ0n) is 7.82. The molecule has 4 N–H and O–H groups in total. The summed E-state index contributed by atoms with van der Waals surface area (Å²) in [7, 11) is 0. The van der Waals surface area contributed by atoms with Gasteiger partial charge < -0.3 is 11.5 Å². The zero-order valence-corrected chi connectivity index (χ0v) is 7.82. The van der Waals surface area contributed by atoms with Crippen LogP contribution >= 0.6 is 0 Å². The van der Waals surface area contributed by atoms with E-state index in [9.17, 15) is 4.79 Å². The highest BCUT2D eigenvalue weighted by atomic mass is 16.2. The second-order valence-electron chi connectivity index (χ2n) is 2.98. The molecule has 5 heteroatoms. The van der Waals surface area contributed by atoms with Gasteiger partial charge >= 0.3 is 0 Å². The van der Waals surface area contributed by atoms with Gasteiger partial charge in [0.15, 0.2) is 0 Å². The molecule has 0 saturated carbocycles. The molecule has 13 heavy (non-hydrogen) atoms. The summed E-state index contributed by atoms with van der Waals surface area (Å²) >= 11 is 0. The smallest absolute Gasteiger partial charge is 0.264 e. The van der Waals surface area contributed by atoms with Crippen LogP contribution in [0.1, 0.15) is 23.8 Å². The van der Waals surface area contributed by atoms with Gasteiger partial charge in [0.1, 0.15) is 5.82 Å². The first-order valence-electron chi connectivity index (χ1n) is 4.18. The first-order valence-corrected chi connectivity index (χ1v) is 4.18. The van der Waals surface area contributed by atoms with E-state index < -0.39 is 6.04 Å². The maximum Gasteiger partial charge on any atom is 0.264 e. The quantitative estimate of drug-likeness (QED) is 0.681. The Labute approximate surface area is 76.7 Å². The zero-order chi connectivity index (χ0) is 10.0. The third-order valence-electron chi connectivity index (χ3n) is 1.87. The highest BCUT2D eigenvalue weighted by molar-refractivity contribution is 5.84. The van der Waals surface area contributed by atoms with Crippen molar-refractivity contribution < 1.29 is 4.79 Å². The molecular formula is C8H14N4O. The van der Waals surface area contributed by atoms with E-state index in [1.165, 1.54) is 4.68 Å². The molecule has 0 aliphatic rings. The lowest BCUT2D eigenvalue weighted by atomic mass is 10.2. The van der Waals surface area contributed by atoms with Crippen molar-refractivity contribution in [3.05, 3.63) is 11.8 Å². The lowest BCUT2D eigenvalue weighted by Crippen LogP contribution is -2.35. The Kier molecular flexibility index (Phi) is 2.67. The number of carbonyl (C=O) groups is 1. The molecule has 0 saturated heterocycles. The van der Waals surface area contributed by atoms with Gasteiger partial charge in [-0.1, -0.05) is 6.92 Å². The summed E-state index contributed by atoms with van der Waals surface area (Å²) in [5.41, 5.74) is 11.7. The van der Waals surface area contributed by atoms with Gasteiger partial charge in [0.25, 0.3) is 5.91 Å². The summed E-state index contributed by atoms with van der Waals surface area (Å²) in [5.74, 6) is 0.130. The Bertz CT molecular complexity index is 318. The molecule has 0 amide bonds. The minimum Gasteiger partial charge on any atom is -0.382 e. The molecule has 1 heterocycles. The molecule has 5 nitrogen and oxygen atoms in total. The predicted molar refractivity (Wildman–Crippen MR) is 50.3 cm³/mol. The third-order valence-corrected chi connectivity index (χ3v) is 1.87. The first kappa shape index (κ1) is 9.73. The normalized spacial score (nSPS) is 12.8. The van der Waals surface area contributed by atoms with Crippen LogP contribution in [0.15, 0.2) is 6.07 Å². The van der Waals surface area contributed by atoms with Crippen LogP contribution in [0.3, 0.4) is 0 Å². The summed E-state index contributed by atoms with van der Waals surface area (Å²) in [4.78, 5) is 11.5. The second kappa shape index (κ2) is 3.57. The second-order valence-corrected chi connectivity index (χ2v) is 2.98. The Morgan fingerprint density at radius 3 is 2.77 bits per heavy atom. The largest absolute Gasteiger partial charge is 0.382 e. The van der Waals surface area contributed by atoms with E-state index in [4.69, 9.17) is 11.5 Å². The molecule has 1 aromatic heterocycles. The van der Waals surface area contributed by atoms with E-state index in [1.54, 1.807) is 13.0 Å². The van der Waals surface area contributed by atoms with Crippen LogP contribution in [0.4, 0.5) is 5.82 Å². The van der Waals surface area contributed by atoms with Crippen molar-refractivity contribution in [2.24, 2.45) is 5.73 Å². The number of rotatable bonds is 2. The Morgan fingerprint density at radius 1 is 1.77 bits per heavy atom. The standard InChI is InChI=1S/C8H14N4O/c1-3-6(9)8(13)12-5(2)4-7(10)11-12/h4,6H,3,9H2,1-2H3,(H2,10,11). The van der Waals surface area contributed by atoms with Crippen LogP contribution in [-0.2, 0) is 0 Å². The fourth-order valence-electron chi connectivity index (χ4n) is 1.05. The monoisotopic (exact) mass is 182 g/mol. The number of nitrogens with zero attached hydrogens (tertiary/aromatic N) is 2. The van der Waals surface area contributed by atoms with Crippen molar-refractivity contribution >= 4 is 11.7 Å². The maximum atomic E-state index is 11.5. The molecule has 0 spiro atoms. The van der Waals surface area contributed by atoms with Crippen molar-refractivity contribution in [2.75, 3.05) is 5.73 Å². The minimum absolute atomic E-state index is 0.211.